The number of aromatic nitrogens is 4. The number of rotatable bonds is 7. The minimum Gasteiger partial charge on any atom is -0.493 e. The van der Waals surface area contributed by atoms with Crippen LogP contribution in [0.3, 0.4) is 0 Å². The molecule has 1 amide bonds. The monoisotopic (exact) mass is 393 g/mol. The Bertz CT molecular complexity index is 1040. The Morgan fingerprint density at radius 1 is 1.17 bits per heavy atom. The lowest BCUT2D eigenvalue weighted by molar-refractivity contribution is -0.118. The van der Waals surface area contributed by atoms with Gasteiger partial charge in [0.15, 0.2) is 23.9 Å². The van der Waals surface area contributed by atoms with Crippen LogP contribution in [0.4, 0.5) is 5.69 Å². The summed E-state index contributed by atoms with van der Waals surface area (Å²) in [5.74, 6) is 1.45. The molecule has 0 atom stereocenters. The second-order valence-corrected chi connectivity index (χ2v) is 6.39. The molecule has 0 spiro atoms. The number of nitrogens with zero attached hydrogens (tertiary/aromatic N) is 4. The van der Waals surface area contributed by atoms with E-state index >= 15 is 0 Å². The molecule has 0 aliphatic carbocycles. The summed E-state index contributed by atoms with van der Waals surface area (Å²) in [7, 11) is 1.57. The van der Waals surface area contributed by atoms with Gasteiger partial charge in [0.2, 0.25) is 0 Å². The van der Waals surface area contributed by atoms with Gasteiger partial charge in [-0.3, -0.25) is 4.79 Å². The van der Waals surface area contributed by atoms with Gasteiger partial charge < -0.3 is 14.8 Å². The first-order valence-corrected chi connectivity index (χ1v) is 9.11. The number of anilines is 1. The Kier molecular flexibility index (Phi) is 6.23. The maximum Gasteiger partial charge on any atom is 0.262 e. The third kappa shape index (κ3) is 4.78. The molecule has 2 aromatic carbocycles. The van der Waals surface area contributed by atoms with Gasteiger partial charge in [-0.2, -0.15) is 4.68 Å². The molecule has 0 radical (unpaired) electrons. The van der Waals surface area contributed by atoms with Crippen molar-refractivity contribution in [2.45, 2.75) is 20.8 Å². The van der Waals surface area contributed by atoms with Crippen molar-refractivity contribution in [2.24, 2.45) is 0 Å². The number of carbonyl (C=O) groups is 1. The summed E-state index contributed by atoms with van der Waals surface area (Å²) in [6.45, 7) is 5.56. The molecule has 1 aromatic heterocycles. The highest BCUT2D eigenvalue weighted by Crippen LogP contribution is 2.28. The van der Waals surface area contributed by atoms with Gasteiger partial charge in [0, 0.05) is 5.69 Å². The smallest absolute Gasteiger partial charge is 0.262 e. The largest absolute Gasteiger partial charge is 0.493 e. The van der Waals surface area contributed by atoms with Crippen LogP contribution in [0.25, 0.3) is 11.8 Å². The lowest BCUT2D eigenvalue weighted by atomic mass is 10.2. The number of tetrazole rings is 1. The molecule has 0 saturated carbocycles. The highest BCUT2D eigenvalue weighted by molar-refractivity contribution is 5.92. The van der Waals surface area contributed by atoms with Gasteiger partial charge in [0.25, 0.3) is 5.91 Å². The van der Waals surface area contributed by atoms with Crippen LogP contribution in [0.2, 0.25) is 0 Å². The molecule has 1 heterocycles. The molecule has 0 unspecified atom stereocenters. The molecular weight excluding hydrogens is 370 g/mol. The maximum absolute atomic E-state index is 12.4. The van der Waals surface area contributed by atoms with Crippen LogP contribution in [0.1, 0.15) is 23.9 Å². The van der Waals surface area contributed by atoms with Gasteiger partial charge in [-0.25, -0.2) is 0 Å². The van der Waals surface area contributed by atoms with Gasteiger partial charge in [0.1, 0.15) is 0 Å². The summed E-state index contributed by atoms with van der Waals surface area (Å²) in [5, 5.41) is 14.4. The first-order chi connectivity index (χ1) is 14.0. The normalized spacial score (nSPS) is 10.9. The number of carbonyl (C=O) groups excluding carboxylic acids is 1. The summed E-state index contributed by atoms with van der Waals surface area (Å²) >= 11 is 0. The van der Waals surface area contributed by atoms with Crippen LogP contribution >= 0.6 is 0 Å². The minimum absolute atomic E-state index is 0.146. The summed E-state index contributed by atoms with van der Waals surface area (Å²) in [5.41, 5.74) is 3.41. The van der Waals surface area contributed by atoms with Gasteiger partial charge in [-0.1, -0.05) is 24.3 Å². The zero-order valence-corrected chi connectivity index (χ0v) is 16.8. The highest BCUT2D eigenvalue weighted by atomic mass is 16.5. The maximum atomic E-state index is 12.4. The fourth-order valence-electron chi connectivity index (χ4n) is 2.81. The SMILES string of the molecule is C/C=C/c1ccc(OCC(=O)Nc2ccc(C)c(-n3nnnc3C)c2)c(OC)c1. The molecule has 0 fully saturated rings. The van der Waals surface area contributed by atoms with Gasteiger partial charge in [-0.15, -0.1) is 5.10 Å². The second-order valence-electron chi connectivity index (χ2n) is 6.39. The zero-order chi connectivity index (χ0) is 20.8. The Labute approximate surface area is 169 Å². The fraction of sp³-hybridized carbons (Fsp3) is 0.238. The predicted octanol–water partition coefficient (Wildman–Crippen LogP) is 3.34. The van der Waals surface area contributed by atoms with E-state index in [1.54, 1.807) is 17.9 Å². The third-order valence-corrected chi connectivity index (χ3v) is 4.25. The Balaban J connectivity index is 1.68. The molecule has 0 saturated heterocycles. The molecule has 3 rings (SSSR count). The van der Waals surface area contributed by atoms with Crippen molar-refractivity contribution >= 4 is 17.7 Å². The first kappa shape index (κ1) is 20.1. The van der Waals surface area contributed by atoms with Crippen molar-refractivity contribution in [2.75, 3.05) is 19.0 Å². The van der Waals surface area contributed by atoms with E-state index in [2.05, 4.69) is 20.8 Å². The second kappa shape index (κ2) is 9.01. The minimum atomic E-state index is -0.284. The number of benzene rings is 2. The molecule has 3 aromatic rings. The molecule has 8 nitrogen and oxygen atoms in total. The number of hydrogen-bond donors (Lipinski definition) is 1. The number of allylic oxidation sites excluding steroid dienone is 1. The van der Waals surface area contributed by atoms with Crippen LogP contribution in [0.5, 0.6) is 11.5 Å². The lowest BCUT2D eigenvalue weighted by Crippen LogP contribution is -2.20. The molecular formula is C21H23N5O3. The molecule has 1 N–H and O–H groups in total. The van der Waals surface area contributed by atoms with E-state index in [4.69, 9.17) is 9.47 Å². The van der Waals surface area contributed by atoms with Crippen LogP contribution in [-0.2, 0) is 4.79 Å². The van der Waals surface area contributed by atoms with E-state index in [1.165, 1.54) is 0 Å². The average molecular weight is 393 g/mol. The van der Waals surface area contributed by atoms with Gasteiger partial charge in [0.05, 0.1) is 12.8 Å². The van der Waals surface area contributed by atoms with Crippen molar-refractivity contribution in [1.82, 2.24) is 20.2 Å². The van der Waals surface area contributed by atoms with Crippen LogP contribution in [-0.4, -0.2) is 39.8 Å². The summed E-state index contributed by atoms with van der Waals surface area (Å²) in [6, 6.07) is 11.1. The predicted molar refractivity (Wildman–Crippen MR) is 110 cm³/mol. The Hall–Kier alpha value is -3.68. The number of aryl methyl sites for hydroxylation is 2. The molecule has 0 aliphatic rings. The van der Waals surface area contributed by atoms with E-state index in [0.717, 1.165) is 16.8 Å². The van der Waals surface area contributed by atoms with Crippen molar-refractivity contribution in [1.29, 1.82) is 0 Å². The number of amides is 1. The van der Waals surface area contributed by atoms with Crippen molar-refractivity contribution < 1.29 is 14.3 Å². The molecule has 0 bridgehead atoms. The van der Waals surface area contributed by atoms with Crippen molar-refractivity contribution in [3.8, 4) is 17.2 Å². The zero-order valence-electron chi connectivity index (χ0n) is 16.8. The molecule has 150 valence electrons. The lowest BCUT2D eigenvalue weighted by Gasteiger charge is -2.13. The van der Waals surface area contributed by atoms with E-state index < -0.39 is 0 Å². The fourth-order valence-corrected chi connectivity index (χ4v) is 2.81. The number of ether oxygens (including phenoxy) is 2. The summed E-state index contributed by atoms with van der Waals surface area (Å²) in [6.07, 6.45) is 3.90. The van der Waals surface area contributed by atoms with E-state index in [0.29, 0.717) is 23.0 Å². The third-order valence-electron chi connectivity index (χ3n) is 4.25. The van der Waals surface area contributed by atoms with Crippen molar-refractivity contribution in [3.63, 3.8) is 0 Å². The number of methoxy groups -OCH3 is 1. The number of nitrogens with one attached hydrogen (secondary N) is 1. The summed E-state index contributed by atoms with van der Waals surface area (Å²) in [4.78, 5) is 12.4. The molecule has 29 heavy (non-hydrogen) atoms. The quantitative estimate of drug-likeness (QED) is 0.662. The van der Waals surface area contributed by atoms with E-state index in [9.17, 15) is 4.79 Å². The first-order valence-electron chi connectivity index (χ1n) is 9.11. The average Bonchev–Trinajstić information content (AvgIpc) is 3.14. The van der Waals surface area contributed by atoms with Gasteiger partial charge >= 0.3 is 0 Å². The summed E-state index contributed by atoms with van der Waals surface area (Å²) < 4.78 is 12.6. The topological polar surface area (TPSA) is 91.2 Å². The van der Waals surface area contributed by atoms with Crippen LogP contribution in [0, 0.1) is 13.8 Å². The number of hydrogen-bond acceptors (Lipinski definition) is 6. The van der Waals surface area contributed by atoms with Crippen molar-refractivity contribution in [3.05, 3.63) is 59.4 Å². The molecule has 0 aliphatic heterocycles. The van der Waals surface area contributed by atoms with Crippen LogP contribution < -0.4 is 14.8 Å². The Morgan fingerprint density at radius 2 is 2.00 bits per heavy atom. The highest BCUT2D eigenvalue weighted by Gasteiger charge is 2.11. The van der Waals surface area contributed by atoms with Crippen LogP contribution in [0.15, 0.2) is 42.5 Å². The standard InChI is InChI=1S/C21H23N5O3/c1-5-6-16-8-10-19(20(11-16)28-4)29-13-21(27)22-17-9-7-14(2)18(12-17)26-15(3)23-24-25-26/h5-12H,13H2,1-4H3,(H,22,27)/b6-5+. The van der Waals surface area contributed by atoms with E-state index in [1.807, 2.05) is 63.3 Å². The molecule has 8 heteroatoms. The van der Waals surface area contributed by atoms with Gasteiger partial charge in [-0.05, 0) is 66.6 Å². The Morgan fingerprint density at radius 3 is 2.69 bits per heavy atom. The van der Waals surface area contributed by atoms with E-state index in [-0.39, 0.29) is 12.5 Å².